The number of sulfonamides is 1. The Balaban J connectivity index is 2.34. The smallest absolute Gasteiger partial charge is 0.244 e. The van der Waals surface area contributed by atoms with Gasteiger partial charge in [-0.2, -0.15) is 0 Å². The Kier molecular flexibility index (Phi) is 7.49. The monoisotopic (exact) mass is 422 g/mol. The number of nitrogens with one attached hydrogen (secondary N) is 1. The maximum Gasteiger partial charge on any atom is 0.244 e. The number of rotatable bonds is 8. The average Bonchev–Trinajstić information content (AvgIpc) is 2.63. The van der Waals surface area contributed by atoms with Gasteiger partial charge in [-0.25, -0.2) is 8.42 Å². The Morgan fingerprint density at radius 3 is 2.25 bits per heavy atom. The van der Waals surface area contributed by atoms with Gasteiger partial charge >= 0.3 is 0 Å². The molecule has 0 fully saturated rings. The van der Waals surface area contributed by atoms with Crippen LogP contribution in [0.1, 0.15) is 43.9 Å². The van der Waals surface area contributed by atoms with Gasteiger partial charge < -0.3 is 5.32 Å². The lowest BCUT2D eigenvalue weighted by Crippen LogP contribution is -2.50. The highest BCUT2D eigenvalue weighted by molar-refractivity contribution is 7.92. The molecule has 1 amide bonds. The third-order valence-electron chi connectivity index (χ3n) is 4.60. The first kappa shape index (κ1) is 22.2. The van der Waals surface area contributed by atoms with Crippen molar-refractivity contribution in [1.82, 2.24) is 5.32 Å². The summed E-state index contributed by atoms with van der Waals surface area (Å²) in [6.07, 6.45) is 2.12. The van der Waals surface area contributed by atoms with Crippen molar-refractivity contribution in [2.75, 3.05) is 10.6 Å². The van der Waals surface area contributed by atoms with E-state index < -0.39 is 16.1 Å². The normalized spacial score (nSPS) is 13.6. The summed E-state index contributed by atoms with van der Waals surface area (Å²) in [6, 6.07) is 13.4. The molecular weight excluding hydrogens is 396 g/mol. The highest BCUT2D eigenvalue weighted by Gasteiger charge is 2.32. The standard InChI is InChI=1S/C21H27ClN2O3S/c1-5-19(16-12-10-15(3)11-13-16)23-21(25)20(6-2)24(28(4,26)27)18-9-7-8-17(22)14-18/h7-14,19-20H,5-6H2,1-4H3,(H,23,25)/t19-,20+/m1/s1. The number of carbonyl (C=O) groups is 1. The topological polar surface area (TPSA) is 66.5 Å². The van der Waals surface area contributed by atoms with Crippen LogP contribution in [0, 0.1) is 6.92 Å². The highest BCUT2D eigenvalue weighted by atomic mass is 35.5. The number of halogens is 1. The van der Waals surface area contributed by atoms with Crippen LogP contribution < -0.4 is 9.62 Å². The minimum atomic E-state index is -3.69. The van der Waals surface area contributed by atoms with Gasteiger partial charge in [0.05, 0.1) is 18.0 Å². The molecule has 5 nitrogen and oxygen atoms in total. The molecule has 28 heavy (non-hydrogen) atoms. The second-order valence-electron chi connectivity index (χ2n) is 6.84. The highest BCUT2D eigenvalue weighted by Crippen LogP contribution is 2.26. The van der Waals surface area contributed by atoms with Crippen LogP contribution >= 0.6 is 11.6 Å². The summed E-state index contributed by atoms with van der Waals surface area (Å²) in [5, 5.41) is 3.42. The second kappa shape index (κ2) is 9.43. The molecule has 0 aliphatic carbocycles. The molecule has 152 valence electrons. The summed E-state index contributed by atoms with van der Waals surface area (Å²) >= 11 is 6.04. The third kappa shape index (κ3) is 5.49. The lowest BCUT2D eigenvalue weighted by molar-refractivity contribution is -0.123. The average molecular weight is 423 g/mol. The summed E-state index contributed by atoms with van der Waals surface area (Å²) in [5.41, 5.74) is 2.51. The molecule has 1 N–H and O–H groups in total. The molecule has 0 radical (unpaired) electrons. The van der Waals surface area contributed by atoms with Gasteiger partial charge in [-0.05, 0) is 43.5 Å². The molecule has 0 aliphatic rings. The lowest BCUT2D eigenvalue weighted by Gasteiger charge is -2.31. The second-order valence-corrected chi connectivity index (χ2v) is 9.14. The molecule has 0 spiro atoms. The fourth-order valence-electron chi connectivity index (χ4n) is 3.16. The number of anilines is 1. The zero-order valence-electron chi connectivity index (χ0n) is 16.6. The van der Waals surface area contributed by atoms with Crippen molar-refractivity contribution in [3.63, 3.8) is 0 Å². The van der Waals surface area contributed by atoms with E-state index in [1.165, 1.54) is 0 Å². The number of hydrogen-bond donors (Lipinski definition) is 1. The Morgan fingerprint density at radius 1 is 1.11 bits per heavy atom. The molecule has 7 heteroatoms. The van der Waals surface area contributed by atoms with Crippen molar-refractivity contribution in [3.05, 3.63) is 64.7 Å². The molecule has 0 aromatic heterocycles. The van der Waals surface area contributed by atoms with E-state index in [-0.39, 0.29) is 11.9 Å². The largest absolute Gasteiger partial charge is 0.347 e. The van der Waals surface area contributed by atoms with Crippen LogP contribution in [0.3, 0.4) is 0 Å². The first-order chi connectivity index (χ1) is 13.2. The first-order valence-electron chi connectivity index (χ1n) is 9.29. The van der Waals surface area contributed by atoms with Crippen LogP contribution in [0.4, 0.5) is 5.69 Å². The molecule has 0 saturated heterocycles. The van der Waals surface area contributed by atoms with Crippen molar-refractivity contribution >= 4 is 33.2 Å². The van der Waals surface area contributed by atoms with Gasteiger partial charge in [0, 0.05) is 5.02 Å². The maximum absolute atomic E-state index is 13.1. The molecule has 2 rings (SSSR count). The Bertz CT molecular complexity index is 914. The summed E-state index contributed by atoms with van der Waals surface area (Å²) < 4.78 is 26.2. The third-order valence-corrected chi connectivity index (χ3v) is 6.01. The number of benzene rings is 2. The Morgan fingerprint density at radius 2 is 1.75 bits per heavy atom. The Labute approximate surface area is 172 Å². The summed E-state index contributed by atoms with van der Waals surface area (Å²) in [7, 11) is -3.69. The van der Waals surface area contributed by atoms with E-state index >= 15 is 0 Å². The zero-order valence-corrected chi connectivity index (χ0v) is 18.2. The predicted molar refractivity (Wildman–Crippen MR) is 115 cm³/mol. The van der Waals surface area contributed by atoms with Gasteiger partial charge in [0.1, 0.15) is 6.04 Å². The molecule has 0 unspecified atom stereocenters. The van der Waals surface area contributed by atoms with E-state index in [1.54, 1.807) is 31.2 Å². The maximum atomic E-state index is 13.1. The van der Waals surface area contributed by atoms with Crippen LogP contribution in [0.25, 0.3) is 0 Å². The van der Waals surface area contributed by atoms with Crippen molar-refractivity contribution in [2.45, 2.75) is 45.7 Å². The van der Waals surface area contributed by atoms with Crippen LogP contribution in [0.15, 0.2) is 48.5 Å². The fourth-order valence-corrected chi connectivity index (χ4v) is 4.55. The molecule has 2 aromatic rings. The van der Waals surface area contributed by atoms with Crippen molar-refractivity contribution < 1.29 is 13.2 Å². The van der Waals surface area contributed by atoms with Gasteiger partial charge in [0.2, 0.25) is 15.9 Å². The van der Waals surface area contributed by atoms with Gasteiger partial charge in [-0.1, -0.05) is 61.3 Å². The SMILES string of the molecule is CC[C@@H](NC(=O)[C@H](CC)N(c1cccc(Cl)c1)S(C)(=O)=O)c1ccc(C)cc1. The van der Waals surface area contributed by atoms with Gasteiger partial charge in [0.25, 0.3) is 0 Å². The molecule has 0 bridgehead atoms. The van der Waals surface area contributed by atoms with E-state index in [4.69, 9.17) is 11.6 Å². The van der Waals surface area contributed by atoms with E-state index in [9.17, 15) is 13.2 Å². The summed E-state index contributed by atoms with van der Waals surface area (Å²) in [5.74, 6) is -0.333. The van der Waals surface area contributed by atoms with Gasteiger partial charge in [0.15, 0.2) is 0 Å². The number of carbonyl (C=O) groups excluding carboxylic acids is 1. The van der Waals surface area contributed by atoms with Crippen LogP contribution in [0.2, 0.25) is 5.02 Å². The molecule has 0 heterocycles. The fraction of sp³-hybridized carbons (Fsp3) is 0.381. The van der Waals surface area contributed by atoms with E-state index in [1.807, 2.05) is 38.1 Å². The first-order valence-corrected chi connectivity index (χ1v) is 11.5. The van der Waals surface area contributed by atoms with Crippen molar-refractivity contribution in [3.8, 4) is 0 Å². The molecule has 0 saturated carbocycles. The molecular formula is C21H27ClN2O3S. The Hall–Kier alpha value is -2.05. The van der Waals surface area contributed by atoms with E-state index in [2.05, 4.69) is 5.32 Å². The zero-order chi connectivity index (χ0) is 20.9. The van der Waals surface area contributed by atoms with E-state index in [0.29, 0.717) is 23.6 Å². The lowest BCUT2D eigenvalue weighted by atomic mass is 10.0. The van der Waals surface area contributed by atoms with Crippen LogP contribution in [-0.4, -0.2) is 26.6 Å². The van der Waals surface area contributed by atoms with Crippen molar-refractivity contribution in [1.29, 1.82) is 0 Å². The van der Waals surface area contributed by atoms with Crippen LogP contribution in [-0.2, 0) is 14.8 Å². The summed E-state index contributed by atoms with van der Waals surface area (Å²) in [4.78, 5) is 13.1. The number of nitrogens with zero attached hydrogens (tertiary/aromatic N) is 1. The number of amides is 1. The summed E-state index contributed by atoms with van der Waals surface area (Å²) in [6.45, 7) is 5.78. The number of aryl methyl sites for hydroxylation is 1. The number of hydrogen-bond acceptors (Lipinski definition) is 3. The quantitative estimate of drug-likeness (QED) is 0.682. The molecule has 2 atom stereocenters. The molecule has 0 aliphatic heterocycles. The molecule has 2 aromatic carbocycles. The predicted octanol–water partition coefficient (Wildman–Crippen LogP) is 4.46. The van der Waals surface area contributed by atoms with E-state index in [0.717, 1.165) is 21.7 Å². The minimum Gasteiger partial charge on any atom is -0.347 e. The van der Waals surface area contributed by atoms with Gasteiger partial charge in [-0.15, -0.1) is 0 Å². The van der Waals surface area contributed by atoms with Crippen LogP contribution in [0.5, 0.6) is 0 Å². The van der Waals surface area contributed by atoms with Crippen molar-refractivity contribution in [2.24, 2.45) is 0 Å². The van der Waals surface area contributed by atoms with Gasteiger partial charge in [-0.3, -0.25) is 9.10 Å². The minimum absolute atomic E-state index is 0.192.